The zero-order chi connectivity index (χ0) is 32.2. The van der Waals surface area contributed by atoms with Crippen LogP contribution >= 0.6 is 26.2 Å². The monoisotopic (exact) mass is 714 g/mol. The van der Waals surface area contributed by atoms with Crippen molar-refractivity contribution in [2.45, 2.75) is 55.4 Å². The lowest BCUT2D eigenvalue weighted by atomic mass is 10.1. The summed E-state index contributed by atoms with van der Waals surface area (Å²) in [6.45, 7) is -5.93. The summed E-state index contributed by atoms with van der Waals surface area (Å²) in [4.78, 5) is 37.4. The van der Waals surface area contributed by atoms with Crippen LogP contribution < -0.4 is 22.3 Å². The quantitative estimate of drug-likeness (QED) is 0.103. The fourth-order valence-electron chi connectivity index (χ4n) is 5.00. The standard InChI is InChI=1S/C19H23F2N11O9P2S2/c20-7-5(1-33)38-18(32-15-10(29-30-32)16(34)28-19(23)27-15)12(7)41-43(36,45)37-2-6-11(40-42(35)44)8(21)17(39-6)31-4-26-9-13(22)24-3-25-14(9)31/h3-8,11-13,17-18,33H,1-2,22H2,(H5-,23,24,25,27,28,30,34,35,36,44,45)/p+1/t5-,6-,7-,8+,11-,12-,13?,17-,18-,43?/m1/s1. The Balaban J connectivity index is 1.21. The molecule has 3 unspecified atom stereocenters. The van der Waals surface area contributed by atoms with Crippen LogP contribution in [-0.2, 0) is 39.4 Å². The predicted molar refractivity (Wildman–Crippen MR) is 155 cm³/mol. The van der Waals surface area contributed by atoms with Crippen LogP contribution in [0.15, 0.2) is 16.1 Å². The molecule has 26 heteroatoms. The number of anilines is 2. The average Bonchev–Trinajstić information content (AvgIpc) is 3.73. The molecule has 0 spiro atoms. The number of nitrogens with one attached hydrogen (secondary N) is 2. The summed E-state index contributed by atoms with van der Waals surface area (Å²) in [6.07, 6.45) is -11.4. The highest BCUT2D eigenvalue weighted by Crippen LogP contribution is 2.51. The van der Waals surface area contributed by atoms with Gasteiger partial charge >= 0.3 is 13.9 Å². The lowest BCUT2D eigenvalue weighted by Crippen LogP contribution is -2.34. The van der Waals surface area contributed by atoms with Gasteiger partial charge in [-0.15, -0.1) is 9.62 Å². The van der Waals surface area contributed by atoms with Crippen LogP contribution in [0.1, 0.15) is 24.3 Å². The molecule has 0 bridgehead atoms. The molecule has 3 aliphatic heterocycles. The molecule has 0 amide bonds. The number of H-pyrrole nitrogens is 1. The number of nitrogens with two attached hydrogens (primary N) is 2. The molecule has 0 aliphatic carbocycles. The number of fused-ring (bicyclic) bond motifs is 2. The Hall–Kier alpha value is -2.60. The highest BCUT2D eigenvalue weighted by molar-refractivity contribution is 8.39. The van der Waals surface area contributed by atoms with Gasteiger partial charge in [-0.25, -0.2) is 13.8 Å². The molecule has 6 rings (SSSR count). The van der Waals surface area contributed by atoms with Gasteiger partial charge in [0.1, 0.15) is 48.2 Å². The number of hydrogen-bond donors (Lipinski definition) is 7. The lowest BCUT2D eigenvalue weighted by molar-refractivity contribution is -0.0589. The van der Waals surface area contributed by atoms with Gasteiger partial charge in [-0.3, -0.25) is 23.9 Å². The molecular formula is C19H24F2N11O9P2S2+. The van der Waals surface area contributed by atoms with Crippen LogP contribution in [0.3, 0.4) is 0 Å². The van der Waals surface area contributed by atoms with E-state index in [1.54, 1.807) is 0 Å². The van der Waals surface area contributed by atoms with Crippen molar-refractivity contribution in [2.75, 3.05) is 24.3 Å². The number of alkyl halides is 2. The van der Waals surface area contributed by atoms with Gasteiger partial charge in [-0.2, -0.15) is 9.67 Å². The smallest absolute Gasteiger partial charge is 0.394 e. The Kier molecular flexibility index (Phi) is 9.02. The molecule has 0 radical (unpaired) electrons. The van der Waals surface area contributed by atoms with Crippen molar-refractivity contribution in [1.82, 2.24) is 34.5 Å². The zero-order valence-electron chi connectivity index (χ0n) is 22.3. The first kappa shape index (κ1) is 32.3. The minimum Gasteiger partial charge on any atom is -0.394 e. The van der Waals surface area contributed by atoms with E-state index in [0.717, 1.165) is 4.68 Å². The molecular weight excluding hydrogens is 690 g/mol. The van der Waals surface area contributed by atoms with Crippen LogP contribution in [-0.4, -0.2) is 101 Å². The number of aliphatic hydroxyl groups is 1. The highest BCUT2D eigenvalue weighted by atomic mass is 32.7. The third-order valence-electron chi connectivity index (χ3n) is 6.99. The van der Waals surface area contributed by atoms with Crippen LogP contribution in [0.5, 0.6) is 0 Å². The number of ether oxygens (including phenoxy) is 2. The number of thiol groups is 1. The number of imidazole rings is 1. The second-order valence-electron chi connectivity index (χ2n) is 9.75. The van der Waals surface area contributed by atoms with E-state index in [1.165, 1.54) is 17.2 Å². The Morgan fingerprint density at radius 3 is 2.73 bits per heavy atom. The SMILES string of the molecule is Nc1nc2c(nnn2[C@@H]2O[C@H](CO)[C@@H](F)[C@H]2OP(O)(=S)OC[C@H]2O[C@@H](n3cnc4c3NC=NC4N)[C@@H](F)[C@@H]2O[P+](=O)S)c(=O)[nH]1. The molecule has 45 heavy (non-hydrogen) atoms. The molecule has 2 saturated heterocycles. The third-order valence-corrected chi connectivity index (χ3v) is 9.25. The summed E-state index contributed by atoms with van der Waals surface area (Å²) in [7, 11) is -2.64. The number of nitrogens with zero attached hydrogens (tertiary/aromatic N) is 7. The van der Waals surface area contributed by atoms with Crippen molar-refractivity contribution in [2.24, 2.45) is 10.7 Å². The van der Waals surface area contributed by atoms with Gasteiger partial charge < -0.3 is 40.8 Å². The van der Waals surface area contributed by atoms with Crippen LogP contribution in [0, 0.1) is 0 Å². The zero-order valence-corrected chi connectivity index (χ0v) is 25.8. The molecule has 3 aliphatic rings. The summed E-state index contributed by atoms with van der Waals surface area (Å²) in [6, 6.07) is 0. The van der Waals surface area contributed by atoms with Gasteiger partial charge in [0.25, 0.3) is 5.56 Å². The number of aliphatic imine (C=N–C) groups is 1. The number of aromatic amines is 1. The molecule has 3 aromatic heterocycles. The Morgan fingerprint density at radius 2 is 2.00 bits per heavy atom. The molecule has 244 valence electrons. The molecule has 6 heterocycles. The topological polar surface area (TPSA) is 274 Å². The van der Waals surface area contributed by atoms with E-state index >= 15 is 8.78 Å². The highest BCUT2D eigenvalue weighted by Gasteiger charge is 2.53. The minimum atomic E-state index is -4.43. The fourth-order valence-corrected chi connectivity index (χ4v) is 7.19. The van der Waals surface area contributed by atoms with E-state index in [0.29, 0.717) is 5.69 Å². The van der Waals surface area contributed by atoms with Crippen molar-refractivity contribution in [1.29, 1.82) is 0 Å². The number of aliphatic hydroxyl groups excluding tert-OH is 1. The summed E-state index contributed by atoms with van der Waals surface area (Å²) >= 11 is 8.81. The van der Waals surface area contributed by atoms with E-state index < -0.39 is 88.1 Å². The van der Waals surface area contributed by atoms with Crippen LogP contribution in [0.4, 0.5) is 20.5 Å². The molecule has 20 nitrogen and oxygen atoms in total. The summed E-state index contributed by atoms with van der Waals surface area (Å²) in [5.74, 6) is -0.0173. The van der Waals surface area contributed by atoms with Crippen molar-refractivity contribution in [3.05, 3.63) is 22.4 Å². The predicted octanol–water partition coefficient (Wildman–Crippen LogP) is -0.541. The number of rotatable bonds is 10. The number of hydrogen-bond acceptors (Lipinski definition) is 17. The number of aromatic nitrogens is 7. The fraction of sp³-hybridized carbons (Fsp3) is 0.579. The van der Waals surface area contributed by atoms with E-state index in [9.17, 15) is 19.4 Å². The average molecular weight is 715 g/mol. The first-order valence-electron chi connectivity index (χ1n) is 12.8. The van der Waals surface area contributed by atoms with E-state index in [4.69, 9.17) is 46.3 Å². The molecule has 11 atom stereocenters. The van der Waals surface area contributed by atoms with Gasteiger partial charge in [-0.1, -0.05) is 5.21 Å². The lowest BCUT2D eigenvalue weighted by Gasteiger charge is -2.25. The summed E-state index contributed by atoms with van der Waals surface area (Å²) in [5, 5.41) is 19.9. The second kappa shape index (κ2) is 12.5. The first-order chi connectivity index (χ1) is 21.4. The van der Waals surface area contributed by atoms with Crippen molar-refractivity contribution < 1.29 is 46.4 Å². The largest absolute Gasteiger partial charge is 0.582 e. The third kappa shape index (κ3) is 6.13. The first-order valence-corrected chi connectivity index (χ1v) is 17.7. The molecule has 3 aromatic rings. The summed E-state index contributed by atoms with van der Waals surface area (Å²) < 4.78 is 72.5. The second-order valence-corrected chi connectivity index (χ2v) is 14.2. The van der Waals surface area contributed by atoms with Gasteiger partial charge in [0.15, 0.2) is 42.1 Å². The molecule has 2 fully saturated rings. The van der Waals surface area contributed by atoms with E-state index in [1.807, 2.05) is 0 Å². The maximum atomic E-state index is 15.7. The van der Waals surface area contributed by atoms with Crippen LogP contribution in [0.25, 0.3) is 11.2 Å². The molecule has 8 N–H and O–H groups in total. The van der Waals surface area contributed by atoms with Crippen LogP contribution in [0.2, 0.25) is 0 Å². The maximum absolute atomic E-state index is 15.7. The molecule has 0 aromatic carbocycles. The van der Waals surface area contributed by atoms with Gasteiger partial charge in [-0.05, 0) is 16.4 Å². The van der Waals surface area contributed by atoms with Crippen molar-refractivity contribution in [3.63, 3.8) is 0 Å². The number of halogens is 2. The Bertz CT molecular complexity index is 1750. The normalized spacial score (nSPS) is 32.8. The van der Waals surface area contributed by atoms with E-state index in [2.05, 4.69) is 47.8 Å². The van der Waals surface area contributed by atoms with Gasteiger partial charge in [0.05, 0.1) is 25.9 Å². The number of nitrogen functional groups attached to an aromatic ring is 1. The maximum Gasteiger partial charge on any atom is 0.582 e. The van der Waals surface area contributed by atoms with Crippen molar-refractivity contribution >= 4 is 67.3 Å². The minimum absolute atomic E-state index is 0.212. The van der Waals surface area contributed by atoms with E-state index in [-0.39, 0.29) is 22.9 Å². The molecule has 0 saturated carbocycles. The van der Waals surface area contributed by atoms with Gasteiger partial charge in [0.2, 0.25) is 5.95 Å². The Labute approximate surface area is 260 Å². The van der Waals surface area contributed by atoms with Gasteiger partial charge in [0, 0.05) is 0 Å². The summed E-state index contributed by atoms with van der Waals surface area (Å²) in [5.41, 5.74) is 10.6. The van der Waals surface area contributed by atoms with Crippen molar-refractivity contribution in [3.8, 4) is 0 Å². The Morgan fingerprint density at radius 1 is 1.24 bits per heavy atom.